The van der Waals surface area contributed by atoms with E-state index in [1.165, 1.54) is 25.1 Å². The molecular formula is C75H99N3O23. The number of allylic oxidation sites excluding steroid dienone is 2. The van der Waals surface area contributed by atoms with Crippen molar-refractivity contribution in [3.05, 3.63) is 87.6 Å². The number of aldehydes is 1. The van der Waals surface area contributed by atoms with Crippen molar-refractivity contribution in [2.45, 2.75) is 237 Å². The fraction of sp³-hybridized carbons (Fsp3) is 0.653. The van der Waals surface area contributed by atoms with Gasteiger partial charge in [0.1, 0.15) is 71.9 Å². The molecule has 6 aliphatic carbocycles. The Morgan fingerprint density at radius 3 is 2.20 bits per heavy atom. The first-order valence-corrected chi connectivity index (χ1v) is 35.6. The number of unbranched alkanes of at least 4 members (excludes halogenated alkanes) is 2. The van der Waals surface area contributed by atoms with Crippen LogP contribution in [0.5, 0.6) is 0 Å². The molecule has 7 fully saturated rings. The molecule has 2 aromatic rings. The van der Waals surface area contributed by atoms with Crippen LogP contribution in [0.15, 0.2) is 75.5 Å². The Hall–Kier alpha value is -6.34. The Kier molecular flexibility index (Phi) is 20.8. The minimum atomic E-state index is -2.01. The van der Waals surface area contributed by atoms with Crippen LogP contribution in [-0.4, -0.2) is 199 Å². The average Bonchev–Trinajstić information content (AvgIpc) is 0.671. The molecule has 0 bridgehead atoms. The maximum Gasteiger partial charge on any atom is 0.336 e. The Labute approximate surface area is 585 Å². The highest BCUT2D eigenvalue weighted by Gasteiger charge is 2.72. The summed E-state index contributed by atoms with van der Waals surface area (Å²) in [6.45, 7) is 15.1. The standard InChI is InChI=1S/C75H99N3O23/c1-36-13-16-41-47(28-36)97-48-30-39(81)15-18-42(48)55(41)40-17-14-38(29-43(40)64(91)92)77-69(94)76-27-11-9-10-12-54(85)78-56-49(33-79)98-67(63(58(56)87)100-66-61(90)59(88)62(37(2)96-66)99-65-60(89)57(86)46(82)34-95-65)101-68(93)75-26-25-70(3,4)31-45(75)44-19-20-51-71(5)23-22-52(83)72(6,35-80)50(71)21-24-73(51,7)74(44,8)32-53(75)84/h13-19,28-30,35,37,45-46,49-53,56-63,65-67,79,82-84,86-90H,9-12,20-27,31-34H2,1-8H3,(H,78,85)(H,91,92)(H2,76,77,94)/t37?,45?,46-,49?,50-,51?,52+,53?,56+,57?,58?,59?,60?,61?,62+,63?,65+,66+,67+,71?,72-,73+,74-,75-/m1/s1. The summed E-state index contributed by atoms with van der Waals surface area (Å²) in [5, 5.41) is 122. The summed E-state index contributed by atoms with van der Waals surface area (Å²) in [4.78, 5) is 81.1. The molecule has 4 aliphatic heterocycles. The van der Waals surface area contributed by atoms with E-state index in [4.69, 9.17) is 32.8 Å². The maximum atomic E-state index is 15.8. The average molecular weight is 1410 g/mol. The molecule has 12 unspecified atom stereocenters. The fourth-order valence-electron chi connectivity index (χ4n) is 19.3. The smallest absolute Gasteiger partial charge is 0.336 e. The van der Waals surface area contributed by atoms with Gasteiger partial charge in [-0.15, -0.1) is 0 Å². The van der Waals surface area contributed by atoms with E-state index in [0.29, 0.717) is 79.0 Å². The van der Waals surface area contributed by atoms with Crippen LogP contribution in [0, 0.1) is 57.2 Å². The van der Waals surface area contributed by atoms with Gasteiger partial charge in [-0.2, -0.15) is 0 Å². The highest BCUT2D eigenvalue weighted by Crippen LogP contribution is 2.76. The van der Waals surface area contributed by atoms with Crippen molar-refractivity contribution in [2.75, 3.05) is 25.1 Å². The summed E-state index contributed by atoms with van der Waals surface area (Å²) in [5.41, 5.74) is -0.660. The SMILES string of the molecule is Cc1ccc2c(-c3ccc(NC(=O)NCCCCCC(=O)N[C@H]4C(CO)O[C@@H](OC(=O)[C@]56CCC(C)(C)CC5C5=CCC7C8(C)CC[C@H](O)[C@](C)(C=O)[C@@H]8CC[C@]7(C)[C@]5(C)CC6O)C(O[C@@H]5OC(C)[C@H](O[C@@H]6OC[C@@H](O)C(O)C6O)C(O)C5O)C4O)cc3C(=O)O)c3ccc(=O)cc-3oc2c1. The first-order valence-electron chi connectivity index (χ1n) is 35.6. The first kappa shape index (κ1) is 74.4. The van der Waals surface area contributed by atoms with Crippen LogP contribution in [0.4, 0.5) is 10.5 Å². The summed E-state index contributed by atoms with van der Waals surface area (Å²) in [5.74, 6) is -3.04. The number of ether oxygens (including phenoxy) is 6. The third-order valence-corrected chi connectivity index (χ3v) is 25.2. The second kappa shape index (κ2) is 28.3. The molecule has 552 valence electrons. The molecule has 13 N–H and O–H groups in total. The van der Waals surface area contributed by atoms with Gasteiger partial charge in [0.25, 0.3) is 0 Å². The molecule has 26 heteroatoms. The highest BCUT2D eigenvalue weighted by atomic mass is 16.8. The number of carbonyl (C=O) groups excluding carboxylic acids is 4. The van der Waals surface area contributed by atoms with Gasteiger partial charge in [-0.25, -0.2) is 9.59 Å². The number of benzene rings is 3. The molecule has 0 spiro atoms. The quantitative estimate of drug-likeness (QED) is 0.0196. The largest absolute Gasteiger partial charge is 0.478 e. The molecule has 101 heavy (non-hydrogen) atoms. The molecule has 4 saturated carbocycles. The van der Waals surface area contributed by atoms with Crippen LogP contribution in [-0.2, 0) is 42.8 Å². The number of fused-ring (bicyclic) bond motifs is 9. The Balaban J connectivity index is 0.737. The zero-order valence-electron chi connectivity index (χ0n) is 58.4. The summed E-state index contributed by atoms with van der Waals surface area (Å²) in [6, 6.07) is 12.2. The number of carboxylic acid groups (broad SMARTS) is 1. The number of hydrogen-bond donors (Lipinski definition) is 13. The molecule has 26 nitrogen and oxygen atoms in total. The van der Waals surface area contributed by atoms with Gasteiger partial charge in [-0.3, -0.25) is 14.4 Å². The number of aliphatic hydroxyl groups excluding tert-OH is 9. The molecule has 0 radical (unpaired) electrons. The number of aryl methyl sites for hydroxylation is 1. The van der Waals surface area contributed by atoms with Gasteiger partial charge in [-0.1, -0.05) is 77.8 Å². The minimum Gasteiger partial charge on any atom is -0.478 e. The normalized spacial score (nSPS) is 39.7. The first-order chi connectivity index (χ1) is 47.7. The Morgan fingerprint density at radius 2 is 1.47 bits per heavy atom. The van der Waals surface area contributed by atoms with E-state index in [0.717, 1.165) is 23.8 Å². The molecule has 4 heterocycles. The minimum absolute atomic E-state index is 0.0661. The fourth-order valence-corrected chi connectivity index (χ4v) is 19.3. The second-order valence-electron chi connectivity index (χ2n) is 31.8. The van der Waals surface area contributed by atoms with Gasteiger partial charge < -0.3 is 105 Å². The summed E-state index contributed by atoms with van der Waals surface area (Å²) in [6.07, 6.45) is -15.3. The molecule has 3 amide bonds. The van der Waals surface area contributed by atoms with Gasteiger partial charge in [0, 0.05) is 41.2 Å². The predicted molar refractivity (Wildman–Crippen MR) is 362 cm³/mol. The third kappa shape index (κ3) is 13.1. The van der Waals surface area contributed by atoms with Gasteiger partial charge >= 0.3 is 18.0 Å². The van der Waals surface area contributed by atoms with Crippen LogP contribution in [0.3, 0.4) is 0 Å². The Bertz CT molecular complexity index is 3840. The zero-order valence-corrected chi connectivity index (χ0v) is 58.4. The van der Waals surface area contributed by atoms with Gasteiger partial charge in [0.05, 0.1) is 48.5 Å². The second-order valence-corrected chi connectivity index (χ2v) is 31.8. The van der Waals surface area contributed by atoms with E-state index in [9.17, 15) is 75.0 Å². The number of urea groups is 1. The van der Waals surface area contributed by atoms with Crippen LogP contribution >= 0.6 is 0 Å². The summed E-state index contributed by atoms with van der Waals surface area (Å²) < 4.78 is 42.7. The number of carboxylic acids is 1. The summed E-state index contributed by atoms with van der Waals surface area (Å²) in [7, 11) is 0. The number of esters is 1. The van der Waals surface area contributed by atoms with E-state index in [2.05, 4.69) is 56.6 Å². The van der Waals surface area contributed by atoms with Crippen LogP contribution in [0.2, 0.25) is 0 Å². The van der Waals surface area contributed by atoms with Crippen LogP contribution in [0.25, 0.3) is 33.4 Å². The number of aromatic carboxylic acids is 1. The van der Waals surface area contributed by atoms with E-state index >= 15 is 4.79 Å². The van der Waals surface area contributed by atoms with E-state index in [1.807, 2.05) is 26.0 Å². The number of anilines is 1. The van der Waals surface area contributed by atoms with E-state index in [1.54, 1.807) is 24.3 Å². The van der Waals surface area contributed by atoms with Crippen molar-refractivity contribution in [3.8, 4) is 22.5 Å². The lowest BCUT2D eigenvalue weighted by molar-refractivity contribution is -0.370. The van der Waals surface area contributed by atoms with Crippen LogP contribution in [0.1, 0.15) is 148 Å². The molecule has 0 aromatic heterocycles. The number of carbonyl (C=O) groups is 5. The molecule has 3 saturated heterocycles. The zero-order chi connectivity index (χ0) is 72.8. The monoisotopic (exact) mass is 1410 g/mol. The van der Waals surface area contributed by atoms with Crippen molar-refractivity contribution >= 4 is 46.8 Å². The number of amides is 3. The van der Waals surface area contributed by atoms with Crippen molar-refractivity contribution < 1.29 is 108 Å². The van der Waals surface area contributed by atoms with Crippen molar-refractivity contribution in [2.24, 2.45) is 50.2 Å². The molecule has 24 atom stereocenters. The third-order valence-electron chi connectivity index (χ3n) is 25.2. The van der Waals surface area contributed by atoms with Gasteiger partial charge in [0.15, 0.2) is 24.1 Å². The number of nitrogens with one attached hydrogen (secondary N) is 3. The summed E-state index contributed by atoms with van der Waals surface area (Å²) >= 11 is 0. The lowest BCUT2D eigenvalue weighted by Crippen LogP contribution is -2.69. The number of hydrogen-bond acceptors (Lipinski definition) is 22. The van der Waals surface area contributed by atoms with Gasteiger partial charge in [-0.05, 0) is 165 Å². The maximum absolute atomic E-state index is 15.8. The number of rotatable bonds is 18. The van der Waals surface area contributed by atoms with E-state index in [-0.39, 0.29) is 77.3 Å². The molecular weight excluding hydrogens is 1310 g/mol. The lowest BCUT2D eigenvalue weighted by Gasteiger charge is -2.71. The lowest BCUT2D eigenvalue weighted by atomic mass is 9.33. The number of aliphatic hydroxyl groups is 9. The molecule has 12 rings (SSSR count). The Morgan fingerprint density at radius 1 is 0.733 bits per heavy atom. The predicted octanol–water partition coefficient (Wildman–Crippen LogP) is 5.35. The highest BCUT2D eigenvalue weighted by molar-refractivity contribution is 6.08. The van der Waals surface area contributed by atoms with Crippen molar-refractivity contribution in [3.63, 3.8) is 0 Å². The van der Waals surface area contributed by atoms with Gasteiger partial charge in [0.2, 0.25) is 12.2 Å². The van der Waals surface area contributed by atoms with Crippen LogP contribution < -0.4 is 21.4 Å². The topological polar surface area (TPSA) is 409 Å². The van der Waals surface area contributed by atoms with Crippen molar-refractivity contribution in [1.29, 1.82) is 0 Å². The molecule has 10 aliphatic rings. The van der Waals surface area contributed by atoms with Crippen molar-refractivity contribution in [1.82, 2.24) is 10.6 Å². The van der Waals surface area contributed by atoms with E-state index < -0.39 is 163 Å². The molecule has 2 aromatic carbocycles.